The maximum absolute atomic E-state index is 12.2. The molecule has 0 bridgehead atoms. The Balaban J connectivity index is 3.04. The highest BCUT2D eigenvalue weighted by atomic mass is 28.3. The molecule has 2 nitrogen and oxygen atoms in total. The van der Waals surface area contributed by atoms with Crippen LogP contribution in [-0.4, -0.2) is 20.2 Å². The normalized spacial score (nSPS) is 11.6. The average molecular weight is 299 g/mol. The van der Waals surface area contributed by atoms with Gasteiger partial charge in [0.2, 0.25) is 0 Å². The molecule has 1 rings (SSSR count). The lowest BCUT2D eigenvalue weighted by Gasteiger charge is -2.11. The van der Waals surface area contributed by atoms with Crippen LogP contribution < -0.4 is 5.32 Å². The van der Waals surface area contributed by atoms with Crippen molar-refractivity contribution in [3.05, 3.63) is 29.3 Å². The second-order valence-corrected chi connectivity index (χ2v) is 10.2. The van der Waals surface area contributed by atoms with Crippen molar-refractivity contribution in [2.45, 2.75) is 32.7 Å². The third kappa shape index (κ3) is 5.09. The topological polar surface area (TPSA) is 29.1 Å². The second-order valence-electron chi connectivity index (χ2n) is 5.48. The first kappa shape index (κ1) is 16.3. The highest BCUT2D eigenvalue weighted by Gasteiger charge is 2.38. The largest absolute Gasteiger partial charge is 0.471 e. The van der Waals surface area contributed by atoms with Crippen molar-refractivity contribution in [2.75, 3.05) is 5.32 Å². The summed E-state index contributed by atoms with van der Waals surface area (Å²) in [5, 5.41) is 1.87. The molecule has 108 valence electrons. The second kappa shape index (κ2) is 5.71. The minimum Gasteiger partial charge on any atom is -0.318 e. The van der Waals surface area contributed by atoms with E-state index < -0.39 is 20.2 Å². The number of aryl methyl sites for hydroxylation is 1. The Morgan fingerprint density at radius 2 is 1.85 bits per heavy atom. The minimum atomic E-state index is -4.90. The number of hydrogen-bond acceptors (Lipinski definition) is 1. The van der Waals surface area contributed by atoms with E-state index in [0.717, 1.165) is 0 Å². The molecule has 1 aromatic carbocycles. The molecule has 0 heterocycles. The zero-order valence-corrected chi connectivity index (χ0v) is 12.8. The fourth-order valence-corrected chi connectivity index (χ4v) is 1.81. The summed E-state index contributed by atoms with van der Waals surface area (Å²) >= 11 is 0. The van der Waals surface area contributed by atoms with Crippen molar-refractivity contribution in [1.29, 1.82) is 0 Å². The lowest BCUT2D eigenvalue weighted by atomic mass is 10.1. The van der Waals surface area contributed by atoms with Crippen LogP contribution in [-0.2, 0) is 4.79 Å². The van der Waals surface area contributed by atoms with Crippen LogP contribution >= 0.6 is 0 Å². The van der Waals surface area contributed by atoms with Crippen LogP contribution in [0.4, 0.5) is 18.9 Å². The smallest absolute Gasteiger partial charge is 0.318 e. The number of carbonyl (C=O) groups excluding carboxylic acids is 1. The van der Waals surface area contributed by atoms with Gasteiger partial charge >= 0.3 is 12.1 Å². The molecular formula is C14H16F3NOSi. The van der Waals surface area contributed by atoms with E-state index in [9.17, 15) is 18.0 Å². The highest BCUT2D eigenvalue weighted by molar-refractivity contribution is 6.83. The molecule has 0 saturated carbocycles. The quantitative estimate of drug-likeness (QED) is 0.621. The molecule has 0 aliphatic heterocycles. The van der Waals surface area contributed by atoms with Crippen LogP contribution in [0.25, 0.3) is 0 Å². The molecule has 6 heteroatoms. The van der Waals surface area contributed by atoms with Crippen LogP contribution in [0.3, 0.4) is 0 Å². The number of benzene rings is 1. The zero-order chi connectivity index (χ0) is 15.6. The van der Waals surface area contributed by atoms with Gasteiger partial charge in [0, 0.05) is 11.3 Å². The molecule has 0 unspecified atom stereocenters. The number of halogens is 3. The van der Waals surface area contributed by atoms with Crippen LogP contribution in [0, 0.1) is 18.4 Å². The third-order valence-electron chi connectivity index (χ3n) is 2.33. The van der Waals surface area contributed by atoms with E-state index in [2.05, 4.69) is 31.1 Å². The van der Waals surface area contributed by atoms with E-state index >= 15 is 0 Å². The molecule has 0 radical (unpaired) electrons. The first-order valence-corrected chi connectivity index (χ1v) is 9.51. The monoisotopic (exact) mass is 299 g/mol. The number of amides is 1. The number of nitrogens with one attached hydrogen (secondary N) is 1. The molecule has 1 aromatic rings. The molecule has 1 amide bonds. The molecule has 20 heavy (non-hydrogen) atoms. The Morgan fingerprint density at radius 3 is 2.35 bits per heavy atom. The van der Waals surface area contributed by atoms with Crippen molar-refractivity contribution in [2.24, 2.45) is 0 Å². The number of alkyl halides is 3. The summed E-state index contributed by atoms with van der Waals surface area (Å²) in [5.41, 5.74) is 4.41. The molecular weight excluding hydrogens is 283 g/mol. The summed E-state index contributed by atoms with van der Waals surface area (Å²) in [6.45, 7) is 7.84. The van der Waals surface area contributed by atoms with Gasteiger partial charge in [-0.15, -0.1) is 5.54 Å². The Hall–Kier alpha value is -1.74. The highest BCUT2D eigenvalue weighted by Crippen LogP contribution is 2.21. The van der Waals surface area contributed by atoms with Crippen LogP contribution in [0.15, 0.2) is 18.2 Å². The lowest BCUT2D eigenvalue weighted by molar-refractivity contribution is -0.167. The van der Waals surface area contributed by atoms with Crippen molar-refractivity contribution >= 4 is 19.7 Å². The average Bonchev–Trinajstić information content (AvgIpc) is 2.27. The van der Waals surface area contributed by atoms with Gasteiger partial charge in [-0.05, 0) is 24.6 Å². The maximum Gasteiger partial charge on any atom is 0.471 e. The Kier molecular flexibility index (Phi) is 4.66. The van der Waals surface area contributed by atoms with E-state index in [4.69, 9.17) is 0 Å². The molecule has 1 N–H and O–H groups in total. The number of anilines is 1. The minimum absolute atomic E-state index is 0.134. The van der Waals surface area contributed by atoms with Crippen molar-refractivity contribution in [3.8, 4) is 11.5 Å². The summed E-state index contributed by atoms with van der Waals surface area (Å²) in [5.74, 6) is 0.967. The van der Waals surface area contributed by atoms with Gasteiger partial charge < -0.3 is 5.32 Å². The van der Waals surface area contributed by atoms with Crippen molar-refractivity contribution in [1.82, 2.24) is 0 Å². The van der Waals surface area contributed by atoms with Gasteiger partial charge in [-0.1, -0.05) is 31.6 Å². The summed E-state index contributed by atoms with van der Waals surface area (Å²) in [4.78, 5) is 10.9. The molecule has 0 atom stereocenters. The Morgan fingerprint density at radius 1 is 1.25 bits per heavy atom. The summed E-state index contributed by atoms with van der Waals surface area (Å²) in [6, 6.07) is 4.83. The molecule has 0 aliphatic carbocycles. The molecule has 0 spiro atoms. The first-order valence-electron chi connectivity index (χ1n) is 6.01. The van der Waals surface area contributed by atoms with Gasteiger partial charge in [-0.25, -0.2) is 0 Å². The van der Waals surface area contributed by atoms with Gasteiger partial charge in [0.25, 0.3) is 0 Å². The fourth-order valence-electron chi connectivity index (χ4n) is 1.29. The van der Waals surface area contributed by atoms with E-state index in [0.29, 0.717) is 11.1 Å². The predicted molar refractivity (Wildman–Crippen MR) is 76.1 cm³/mol. The van der Waals surface area contributed by atoms with E-state index in [-0.39, 0.29) is 5.69 Å². The summed E-state index contributed by atoms with van der Waals surface area (Å²) < 4.78 is 36.7. The van der Waals surface area contributed by atoms with Gasteiger partial charge in [0.05, 0.1) is 0 Å². The van der Waals surface area contributed by atoms with Crippen LogP contribution in [0.1, 0.15) is 11.1 Å². The van der Waals surface area contributed by atoms with Crippen molar-refractivity contribution < 1.29 is 18.0 Å². The third-order valence-corrected chi connectivity index (χ3v) is 3.20. The molecule has 0 saturated heterocycles. The lowest BCUT2D eigenvalue weighted by Crippen LogP contribution is -2.30. The van der Waals surface area contributed by atoms with Crippen LogP contribution in [0.2, 0.25) is 19.6 Å². The first-order chi connectivity index (χ1) is 8.99. The summed E-state index contributed by atoms with van der Waals surface area (Å²) in [7, 11) is -1.56. The number of hydrogen-bond donors (Lipinski definition) is 1. The van der Waals surface area contributed by atoms with Crippen molar-refractivity contribution in [3.63, 3.8) is 0 Å². The van der Waals surface area contributed by atoms with E-state index in [1.165, 1.54) is 6.07 Å². The predicted octanol–water partition coefficient (Wildman–Crippen LogP) is 3.72. The zero-order valence-electron chi connectivity index (χ0n) is 11.8. The molecule has 0 fully saturated rings. The van der Waals surface area contributed by atoms with E-state index in [1.54, 1.807) is 19.1 Å². The Labute approximate surface area is 117 Å². The SMILES string of the molecule is Cc1ccc(C#C[Si](C)(C)C)cc1NC(=O)C(F)(F)F. The van der Waals surface area contributed by atoms with Gasteiger partial charge in [0.15, 0.2) is 0 Å². The number of rotatable bonds is 1. The fraction of sp³-hybridized carbons (Fsp3) is 0.357. The Bertz CT molecular complexity index is 577. The van der Waals surface area contributed by atoms with E-state index in [1.807, 2.05) is 5.32 Å². The van der Waals surface area contributed by atoms with Gasteiger partial charge in [-0.2, -0.15) is 13.2 Å². The van der Waals surface area contributed by atoms with Gasteiger partial charge in [0.1, 0.15) is 8.07 Å². The van der Waals surface area contributed by atoms with Gasteiger partial charge in [-0.3, -0.25) is 4.79 Å². The standard InChI is InChI=1S/C14H16F3NOSi/c1-10-5-6-11(7-8-20(2,3)4)9-12(10)18-13(19)14(15,16)17/h5-6,9H,1-4H3,(H,18,19). The van der Waals surface area contributed by atoms with Crippen LogP contribution in [0.5, 0.6) is 0 Å². The number of carbonyl (C=O) groups is 1. The maximum atomic E-state index is 12.2. The summed E-state index contributed by atoms with van der Waals surface area (Å²) in [6.07, 6.45) is -4.90. The molecule has 0 aliphatic rings. The molecule has 0 aromatic heterocycles.